The molecule has 4 nitrogen and oxygen atoms in total. The summed E-state index contributed by atoms with van der Waals surface area (Å²) in [6, 6.07) is -0.0243. The van der Waals surface area contributed by atoms with Crippen molar-refractivity contribution in [3.05, 3.63) is 16.4 Å². The van der Waals surface area contributed by atoms with Gasteiger partial charge in [0.2, 0.25) is 0 Å². The number of ether oxygens (including phenoxy) is 1. The molecule has 0 aromatic carbocycles. The fourth-order valence-corrected chi connectivity index (χ4v) is 2.07. The molecule has 0 aliphatic carbocycles. The Kier molecular flexibility index (Phi) is 5.28. The molecular weight excluding hydrogens is 258 g/mol. The second-order valence-corrected chi connectivity index (χ2v) is 4.36. The van der Waals surface area contributed by atoms with E-state index < -0.39 is 0 Å². The van der Waals surface area contributed by atoms with Crippen LogP contribution in [-0.4, -0.2) is 23.0 Å². The van der Waals surface area contributed by atoms with Gasteiger partial charge in [0.1, 0.15) is 0 Å². The van der Waals surface area contributed by atoms with Gasteiger partial charge in [0.25, 0.3) is 0 Å². The molecule has 1 aromatic rings. The highest BCUT2D eigenvalue weighted by molar-refractivity contribution is 9.10. The highest BCUT2D eigenvalue weighted by Gasteiger charge is 2.14. The number of hydrogen-bond acceptors (Lipinski definition) is 3. The molecule has 0 aliphatic heterocycles. The van der Waals surface area contributed by atoms with Crippen LogP contribution in [0.25, 0.3) is 0 Å². The molecule has 1 atom stereocenters. The Morgan fingerprint density at radius 2 is 2.33 bits per heavy atom. The van der Waals surface area contributed by atoms with Gasteiger partial charge in [-0.05, 0) is 28.8 Å². The smallest absolute Gasteiger partial charge is 0.0691 e. The Bertz CT molecular complexity index is 281. The van der Waals surface area contributed by atoms with Crippen LogP contribution in [0.4, 0.5) is 0 Å². The van der Waals surface area contributed by atoms with Gasteiger partial charge in [-0.25, -0.2) is 0 Å². The molecular formula is C10H18BrN3O. The second kappa shape index (κ2) is 6.25. The van der Waals surface area contributed by atoms with Gasteiger partial charge in [-0.3, -0.25) is 4.68 Å². The summed E-state index contributed by atoms with van der Waals surface area (Å²) in [5.74, 6) is 0. The lowest BCUT2D eigenvalue weighted by molar-refractivity contribution is 0.127. The number of hydrogen-bond donors (Lipinski definition) is 1. The third kappa shape index (κ3) is 3.59. The molecule has 0 saturated carbocycles. The van der Waals surface area contributed by atoms with Crippen LogP contribution in [0, 0.1) is 0 Å². The van der Waals surface area contributed by atoms with Gasteiger partial charge < -0.3 is 10.5 Å². The molecule has 0 radical (unpaired) electrons. The van der Waals surface area contributed by atoms with Crippen LogP contribution in [0.15, 0.2) is 10.7 Å². The third-order valence-corrected chi connectivity index (χ3v) is 2.82. The zero-order chi connectivity index (χ0) is 11.3. The number of halogens is 1. The average Bonchev–Trinajstić information content (AvgIpc) is 2.53. The molecule has 0 fully saturated rings. The van der Waals surface area contributed by atoms with E-state index in [0.29, 0.717) is 6.61 Å². The molecule has 0 saturated heterocycles. The van der Waals surface area contributed by atoms with E-state index >= 15 is 0 Å². The van der Waals surface area contributed by atoms with Crippen molar-refractivity contribution in [3.63, 3.8) is 0 Å². The van der Waals surface area contributed by atoms with Crippen LogP contribution < -0.4 is 5.73 Å². The van der Waals surface area contributed by atoms with Crippen molar-refractivity contribution in [1.82, 2.24) is 9.78 Å². The molecule has 0 aliphatic rings. The molecule has 0 bridgehead atoms. The zero-order valence-electron chi connectivity index (χ0n) is 9.24. The average molecular weight is 276 g/mol. The second-order valence-electron chi connectivity index (χ2n) is 3.51. The Labute approximate surface area is 98.9 Å². The highest BCUT2D eigenvalue weighted by Crippen LogP contribution is 2.22. The minimum atomic E-state index is -0.0243. The Balaban J connectivity index is 2.43. The van der Waals surface area contributed by atoms with Gasteiger partial charge in [0.15, 0.2) is 0 Å². The zero-order valence-corrected chi connectivity index (χ0v) is 10.8. The van der Waals surface area contributed by atoms with Crippen LogP contribution in [0.5, 0.6) is 0 Å². The third-order valence-electron chi connectivity index (χ3n) is 2.21. The molecule has 2 N–H and O–H groups in total. The van der Waals surface area contributed by atoms with Crippen molar-refractivity contribution >= 4 is 15.9 Å². The lowest BCUT2D eigenvalue weighted by Gasteiger charge is -2.12. The first-order chi connectivity index (χ1) is 7.16. The van der Waals surface area contributed by atoms with Gasteiger partial charge in [0.05, 0.1) is 22.4 Å². The van der Waals surface area contributed by atoms with Crippen LogP contribution in [-0.2, 0) is 11.8 Å². The molecule has 5 heteroatoms. The van der Waals surface area contributed by atoms with Crippen LogP contribution in [0.1, 0.15) is 31.5 Å². The van der Waals surface area contributed by atoms with Crippen LogP contribution >= 0.6 is 15.9 Å². The molecule has 0 spiro atoms. The van der Waals surface area contributed by atoms with Gasteiger partial charge in [0, 0.05) is 20.3 Å². The van der Waals surface area contributed by atoms with E-state index in [0.717, 1.165) is 29.6 Å². The van der Waals surface area contributed by atoms with E-state index in [1.807, 2.05) is 7.05 Å². The standard InChI is InChI=1S/C10H18BrN3O/c1-3-5-15-6-4-9(12)10-8(11)7-13-14(10)2/h7,9H,3-6,12H2,1-2H3. The quantitative estimate of drug-likeness (QED) is 0.808. The van der Waals surface area contributed by atoms with Crippen molar-refractivity contribution in [2.75, 3.05) is 13.2 Å². The van der Waals surface area contributed by atoms with E-state index in [2.05, 4.69) is 28.0 Å². The summed E-state index contributed by atoms with van der Waals surface area (Å²) in [6.07, 6.45) is 3.63. The van der Waals surface area contributed by atoms with Gasteiger partial charge in [-0.2, -0.15) is 5.10 Å². The van der Waals surface area contributed by atoms with Gasteiger partial charge in [-0.1, -0.05) is 6.92 Å². The van der Waals surface area contributed by atoms with E-state index in [9.17, 15) is 0 Å². The van der Waals surface area contributed by atoms with E-state index in [4.69, 9.17) is 10.5 Å². The van der Waals surface area contributed by atoms with Crippen molar-refractivity contribution in [3.8, 4) is 0 Å². The Morgan fingerprint density at radius 3 is 2.87 bits per heavy atom. The number of nitrogens with two attached hydrogens (primary N) is 1. The van der Waals surface area contributed by atoms with E-state index in [1.54, 1.807) is 10.9 Å². The number of aryl methyl sites for hydroxylation is 1. The van der Waals surface area contributed by atoms with Crippen molar-refractivity contribution < 1.29 is 4.74 Å². The van der Waals surface area contributed by atoms with E-state index in [1.165, 1.54) is 0 Å². The first-order valence-electron chi connectivity index (χ1n) is 5.17. The fourth-order valence-electron chi connectivity index (χ4n) is 1.43. The van der Waals surface area contributed by atoms with Crippen LogP contribution in [0.3, 0.4) is 0 Å². The minimum absolute atomic E-state index is 0.0243. The van der Waals surface area contributed by atoms with Crippen molar-refractivity contribution in [2.45, 2.75) is 25.8 Å². The summed E-state index contributed by atoms with van der Waals surface area (Å²) in [6.45, 7) is 3.60. The summed E-state index contributed by atoms with van der Waals surface area (Å²) in [5.41, 5.74) is 7.08. The molecule has 1 heterocycles. The predicted molar refractivity (Wildman–Crippen MR) is 63.6 cm³/mol. The first-order valence-corrected chi connectivity index (χ1v) is 5.96. The maximum atomic E-state index is 6.05. The maximum Gasteiger partial charge on any atom is 0.0691 e. The largest absolute Gasteiger partial charge is 0.381 e. The van der Waals surface area contributed by atoms with Gasteiger partial charge >= 0.3 is 0 Å². The minimum Gasteiger partial charge on any atom is -0.381 e. The van der Waals surface area contributed by atoms with Crippen molar-refractivity contribution in [1.29, 1.82) is 0 Å². The number of aromatic nitrogens is 2. The predicted octanol–water partition coefficient (Wildman–Crippen LogP) is 2.00. The number of nitrogens with zero attached hydrogens (tertiary/aromatic N) is 2. The Morgan fingerprint density at radius 1 is 1.60 bits per heavy atom. The first kappa shape index (κ1) is 12.7. The summed E-state index contributed by atoms with van der Waals surface area (Å²) in [7, 11) is 1.90. The fraction of sp³-hybridized carbons (Fsp3) is 0.700. The maximum absolute atomic E-state index is 6.05. The lowest BCUT2D eigenvalue weighted by atomic mass is 10.1. The summed E-state index contributed by atoms with van der Waals surface area (Å²) in [4.78, 5) is 0. The summed E-state index contributed by atoms with van der Waals surface area (Å²) in [5, 5.41) is 4.13. The molecule has 1 unspecified atom stereocenters. The van der Waals surface area contributed by atoms with Gasteiger partial charge in [-0.15, -0.1) is 0 Å². The van der Waals surface area contributed by atoms with Crippen LogP contribution in [0.2, 0.25) is 0 Å². The molecule has 1 rings (SSSR count). The molecule has 86 valence electrons. The summed E-state index contributed by atoms with van der Waals surface area (Å²) < 4.78 is 8.17. The van der Waals surface area contributed by atoms with Crippen molar-refractivity contribution in [2.24, 2.45) is 12.8 Å². The lowest BCUT2D eigenvalue weighted by Crippen LogP contribution is -2.17. The highest BCUT2D eigenvalue weighted by atomic mass is 79.9. The summed E-state index contributed by atoms with van der Waals surface area (Å²) >= 11 is 3.44. The number of rotatable bonds is 6. The molecule has 15 heavy (non-hydrogen) atoms. The van der Waals surface area contributed by atoms with E-state index in [-0.39, 0.29) is 6.04 Å². The molecule has 1 aromatic heterocycles. The molecule has 0 amide bonds. The SMILES string of the molecule is CCCOCCC(N)c1c(Br)cnn1C. The normalized spacial score (nSPS) is 13.1. The monoisotopic (exact) mass is 275 g/mol. The Hall–Kier alpha value is -0.390. The topological polar surface area (TPSA) is 53.1 Å².